The van der Waals surface area contributed by atoms with E-state index in [0.717, 1.165) is 17.8 Å². The highest BCUT2D eigenvalue weighted by Crippen LogP contribution is 2.30. The van der Waals surface area contributed by atoms with Gasteiger partial charge in [-0.1, -0.05) is 59.3 Å². The van der Waals surface area contributed by atoms with Crippen molar-refractivity contribution in [1.82, 2.24) is 5.32 Å². The van der Waals surface area contributed by atoms with E-state index in [1.807, 2.05) is 0 Å². The molecule has 1 rings (SSSR count). The van der Waals surface area contributed by atoms with Crippen LogP contribution >= 0.6 is 0 Å². The maximum absolute atomic E-state index is 3.66. The third kappa shape index (κ3) is 7.08. The zero-order chi connectivity index (χ0) is 12.5. The Labute approximate surface area is 109 Å². The van der Waals surface area contributed by atoms with Crippen LogP contribution in [0.4, 0.5) is 0 Å². The molecule has 1 aliphatic rings. The van der Waals surface area contributed by atoms with E-state index in [9.17, 15) is 0 Å². The first-order chi connectivity index (χ1) is 8.22. The van der Waals surface area contributed by atoms with Gasteiger partial charge in [-0.15, -0.1) is 0 Å². The zero-order valence-electron chi connectivity index (χ0n) is 12.3. The Balaban J connectivity index is 2.21. The van der Waals surface area contributed by atoms with Crippen molar-refractivity contribution in [1.29, 1.82) is 0 Å². The van der Waals surface area contributed by atoms with Gasteiger partial charge in [0.2, 0.25) is 0 Å². The predicted octanol–water partition coefficient (Wildman–Crippen LogP) is 4.62. The summed E-state index contributed by atoms with van der Waals surface area (Å²) < 4.78 is 0. The van der Waals surface area contributed by atoms with Crippen LogP contribution < -0.4 is 5.32 Å². The molecule has 0 radical (unpaired) electrons. The summed E-state index contributed by atoms with van der Waals surface area (Å²) in [5.41, 5.74) is 0. The Bertz CT molecular complexity index is 170. The molecule has 1 fully saturated rings. The minimum atomic E-state index is 0.784. The van der Waals surface area contributed by atoms with Crippen molar-refractivity contribution in [3.8, 4) is 0 Å². The van der Waals surface area contributed by atoms with E-state index in [-0.39, 0.29) is 0 Å². The monoisotopic (exact) mass is 239 g/mol. The van der Waals surface area contributed by atoms with Crippen molar-refractivity contribution in [2.75, 3.05) is 13.1 Å². The van der Waals surface area contributed by atoms with Crippen molar-refractivity contribution in [3.63, 3.8) is 0 Å². The summed E-state index contributed by atoms with van der Waals surface area (Å²) >= 11 is 0. The normalized spacial score (nSPS) is 19.8. The number of nitrogens with one attached hydrogen (secondary N) is 1. The van der Waals surface area contributed by atoms with Crippen LogP contribution in [-0.2, 0) is 0 Å². The highest BCUT2D eigenvalue weighted by molar-refractivity contribution is 4.72. The Morgan fingerprint density at radius 3 is 2.35 bits per heavy atom. The van der Waals surface area contributed by atoms with Gasteiger partial charge in [-0.05, 0) is 43.7 Å². The van der Waals surface area contributed by atoms with Crippen LogP contribution in [0.15, 0.2) is 0 Å². The van der Waals surface area contributed by atoms with Gasteiger partial charge in [0, 0.05) is 0 Å². The molecule has 1 heteroatoms. The fourth-order valence-corrected chi connectivity index (χ4v) is 3.18. The van der Waals surface area contributed by atoms with E-state index < -0.39 is 0 Å². The standard InChI is InChI=1S/C16H33N/c1-4-8-16(13-17-12-14(2)3)11-15-9-6-5-7-10-15/h14-17H,4-13H2,1-3H3. The van der Waals surface area contributed by atoms with Crippen molar-refractivity contribution < 1.29 is 0 Å². The molecule has 0 heterocycles. The lowest BCUT2D eigenvalue weighted by atomic mass is 9.81. The molecule has 0 aromatic rings. The maximum Gasteiger partial charge on any atom is -0.00203 e. The molecule has 1 N–H and O–H groups in total. The number of hydrogen-bond acceptors (Lipinski definition) is 1. The summed E-state index contributed by atoms with van der Waals surface area (Å²) in [4.78, 5) is 0. The molecule has 17 heavy (non-hydrogen) atoms. The smallest absolute Gasteiger partial charge is 0.00203 e. The first kappa shape index (κ1) is 15.0. The van der Waals surface area contributed by atoms with Crippen molar-refractivity contribution in [3.05, 3.63) is 0 Å². The number of hydrogen-bond donors (Lipinski definition) is 1. The summed E-state index contributed by atoms with van der Waals surface area (Å²) in [6.07, 6.45) is 11.7. The molecule has 0 spiro atoms. The van der Waals surface area contributed by atoms with E-state index in [1.54, 1.807) is 0 Å². The third-order valence-corrected chi connectivity index (χ3v) is 4.07. The summed E-state index contributed by atoms with van der Waals surface area (Å²) in [6.45, 7) is 9.36. The van der Waals surface area contributed by atoms with Gasteiger partial charge in [0.1, 0.15) is 0 Å². The lowest BCUT2D eigenvalue weighted by molar-refractivity contribution is 0.270. The summed E-state index contributed by atoms with van der Waals surface area (Å²) in [7, 11) is 0. The molecule has 0 aliphatic heterocycles. The van der Waals surface area contributed by atoms with E-state index in [2.05, 4.69) is 26.1 Å². The van der Waals surface area contributed by atoms with Crippen LogP contribution in [0.3, 0.4) is 0 Å². The van der Waals surface area contributed by atoms with Gasteiger partial charge in [0.05, 0.1) is 0 Å². The molecule has 0 aromatic carbocycles. The summed E-state index contributed by atoms with van der Waals surface area (Å²) in [5.74, 6) is 2.76. The second kappa shape index (κ2) is 8.97. The van der Waals surface area contributed by atoms with Gasteiger partial charge >= 0.3 is 0 Å². The number of rotatable bonds is 8. The predicted molar refractivity (Wildman–Crippen MR) is 77.3 cm³/mol. The molecule has 102 valence electrons. The Kier molecular flexibility index (Phi) is 7.92. The summed E-state index contributed by atoms with van der Waals surface area (Å²) in [5, 5.41) is 3.66. The van der Waals surface area contributed by atoms with Crippen LogP contribution in [-0.4, -0.2) is 13.1 Å². The quantitative estimate of drug-likeness (QED) is 0.652. The van der Waals surface area contributed by atoms with Gasteiger partial charge in [-0.2, -0.15) is 0 Å². The second-order valence-corrected chi connectivity index (χ2v) is 6.45. The highest BCUT2D eigenvalue weighted by atomic mass is 14.9. The Morgan fingerprint density at radius 2 is 1.76 bits per heavy atom. The highest BCUT2D eigenvalue weighted by Gasteiger charge is 2.18. The van der Waals surface area contributed by atoms with Crippen LogP contribution in [0, 0.1) is 17.8 Å². The van der Waals surface area contributed by atoms with Crippen molar-refractivity contribution in [2.24, 2.45) is 17.8 Å². The molecule has 1 nitrogen and oxygen atoms in total. The first-order valence-electron chi connectivity index (χ1n) is 7.93. The van der Waals surface area contributed by atoms with Gasteiger partial charge < -0.3 is 5.32 Å². The van der Waals surface area contributed by atoms with Gasteiger partial charge in [-0.3, -0.25) is 0 Å². The van der Waals surface area contributed by atoms with Gasteiger partial charge in [-0.25, -0.2) is 0 Å². The SMILES string of the molecule is CCCC(CNCC(C)C)CC1CCCCC1. The topological polar surface area (TPSA) is 12.0 Å². The molecule has 0 bridgehead atoms. The average Bonchev–Trinajstić information content (AvgIpc) is 2.30. The Morgan fingerprint density at radius 1 is 1.06 bits per heavy atom. The molecular weight excluding hydrogens is 206 g/mol. The lowest BCUT2D eigenvalue weighted by Crippen LogP contribution is -2.28. The first-order valence-corrected chi connectivity index (χ1v) is 7.93. The van der Waals surface area contributed by atoms with Crippen LogP contribution in [0.5, 0.6) is 0 Å². The molecular formula is C16H33N. The molecule has 1 atom stereocenters. The third-order valence-electron chi connectivity index (χ3n) is 4.07. The molecule has 1 unspecified atom stereocenters. The molecule has 0 saturated heterocycles. The van der Waals surface area contributed by atoms with E-state index in [4.69, 9.17) is 0 Å². The largest absolute Gasteiger partial charge is 0.316 e. The zero-order valence-corrected chi connectivity index (χ0v) is 12.3. The van der Waals surface area contributed by atoms with Crippen LogP contribution in [0.25, 0.3) is 0 Å². The van der Waals surface area contributed by atoms with E-state index in [0.29, 0.717) is 0 Å². The van der Waals surface area contributed by atoms with Gasteiger partial charge in [0.25, 0.3) is 0 Å². The van der Waals surface area contributed by atoms with Crippen LogP contribution in [0.2, 0.25) is 0 Å². The minimum Gasteiger partial charge on any atom is -0.316 e. The van der Waals surface area contributed by atoms with Crippen LogP contribution in [0.1, 0.15) is 72.1 Å². The van der Waals surface area contributed by atoms with Gasteiger partial charge in [0.15, 0.2) is 0 Å². The second-order valence-electron chi connectivity index (χ2n) is 6.45. The van der Waals surface area contributed by atoms with E-state index in [1.165, 1.54) is 64.5 Å². The molecule has 1 aliphatic carbocycles. The minimum absolute atomic E-state index is 0.784. The molecule has 0 aromatic heterocycles. The Hall–Kier alpha value is -0.0400. The average molecular weight is 239 g/mol. The van der Waals surface area contributed by atoms with Crippen molar-refractivity contribution >= 4 is 0 Å². The summed E-state index contributed by atoms with van der Waals surface area (Å²) in [6, 6.07) is 0. The molecule has 0 amide bonds. The van der Waals surface area contributed by atoms with Crippen molar-refractivity contribution in [2.45, 2.75) is 72.1 Å². The molecule has 1 saturated carbocycles. The van der Waals surface area contributed by atoms with E-state index >= 15 is 0 Å². The lowest BCUT2D eigenvalue weighted by Gasteiger charge is -2.27. The fourth-order valence-electron chi connectivity index (χ4n) is 3.18. The maximum atomic E-state index is 3.66. The fraction of sp³-hybridized carbons (Fsp3) is 1.00.